The predicted molar refractivity (Wildman–Crippen MR) is 171 cm³/mol. The van der Waals surface area contributed by atoms with E-state index in [-0.39, 0.29) is 55.6 Å². The van der Waals surface area contributed by atoms with Gasteiger partial charge >= 0.3 is 5.97 Å². The lowest BCUT2D eigenvalue weighted by molar-refractivity contribution is -0.384. The molecule has 0 radical (unpaired) electrons. The molecule has 5 rings (SSSR count). The first-order valence-electron chi connectivity index (χ1n) is 15.5. The molecule has 2 heterocycles. The Hall–Kier alpha value is -4.36. The zero-order valence-corrected chi connectivity index (χ0v) is 25.8. The summed E-state index contributed by atoms with van der Waals surface area (Å²) >= 11 is 0. The number of nitrogens with zero attached hydrogens (tertiary/aromatic N) is 3. The van der Waals surface area contributed by atoms with Gasteiger partial charge in [-0.25, -0.2) is 0 Å². The van der Waals surface area contributed by atoms with Gasteiger partial charge in [-0.2, -0.15) is 0 Å². The number of anilines is 2. The monoisotopic (exact) mass is 632 g/mol. The molecule has 12 nitrogen and oxygen atoms in total. The number of hydrogen-bond acceptors (Lipinski definition) is 9. The quantitative estimate of drug-likeness (QED) is 0.186. The van der Waals surface area contributed by atoms with Crippen molar-refractivity contribution in [3.8, 4) is 0 Å². The van der Waals surface area contributed by atoms with Crippen LogP contribution in [0.5, 0.6) is 0 Å². The number of nitrogens with one attached hydrogen (secondary N) is 1. The van der Waals surface area contributed by atoms with E-state index < -0.39 is 17.2 Å². The topological polar surface area (TPSA) is 155 Å². The number of amides is 1. The summed E-state index contributed by atoms with van der Waals surface area (Å²) in [5.41, 5.74) is 4.27. The second-order valence-corrected chi connectivity index (χ2v) is 11.8. The first kappa shape index (κ1) is 33.0. The van der Waals surface area contributed by atoms with Crippen molar-refractivity contribution in [3.05, 3.63) is 99.6 Å². The normalized spacial score (nSPS) is 21.9. The maximum atomic E-state index is 12.2. The summed E-state index contributed by atoms with van der Waals surface area (Å²) in [6.45, 7) is 5.98. The Bertz CT molecular complexity index is 1470. The van der Waals surface area contributed by atoms with Crippen molar-refractivity contribution < 1.29 is 34.2 Å². The van der Waals surface area contributed by atoms with Gasteiger partial charge in [0, 0.05) is 80.6 Å². The number of aliphatic carboxylic acids is 1. The number of benzene rings is 3. The van der Waals surface area contributed by atoms with E-state index in [9.17, 15) is 24.8 Å². The third kappa shape index (κ3) is 8.46. The van der Waals surface area contributed by atoms with E-state index in [2.05, 4.69) is 22.0 Å². The Balaban J connectivity index is 1.26. The van der Waals surface area contributed by atoms with E-state index in [1.54, 1.807) is 24.3 Å². The standard InChI is InChI=1S/C34H40N4O8/c1-23-30(21-36-17-19-37(20-18-36)28-13-15-29(16-14-28)38(43)44)45-34(46-33(23)25-7-5-24(22-39)6-8-25)26-9-11-27(12-10-26)35-31(40)3-2-4-32(41)42/h5-16,23,30,33-34,39H,2-4,17-22H2,1H3,(H,35,40)(H,41,42). The Morgan fingerprint density at radius 3 is 2.17 bits per heavy atom. The molecule has 1 amide bonds. The molecule has 0 spiro atoms. The van der Waals surface area contributed by atoms with Crippen LogP contribution in [-0.4, -0.2) is 70.7 Å². The molecule has 4 atom stereocenters. The Morgan fingerprint density at radius 1 is 0.913 bits per heavy atom. The first-order valence-corrected chi connectivity index (χ1v) is 15.5. The third-order valence-electron chi connectivity index (χ3n) is 8.62. The molecule has 3 aromatic rings. The van der Waals surface area contributed by atoms with E-state index in [1.165, 1.54) is 12.1 Å². The first-order chi connectivity index (χ1) is 22.2. The molecule has 2 aliphatic heterocycles. The molecule has 12 heteroatoms. The molecule has 2 aliphatic rings. The number of carbonyl (C=O) groups excluding carboxylic acids is 1. The van der Waals surface area contributed by atoms with Crippen LogP contribution >= 0.6 is 0 Å². The summed E-state index contributed by atoms with van der Waals surface area (Å²) in [4.78, 5) is 38.2. The molecule has 0 bridgehead atoms. The SMILES string of the molecule is CC1C(CN2CCN(c3ccc([N+](=O)[O-])cc3)CC2)OC(c2ccc(NC(=O)CCCC(=O)O)cc2)OC1c1ccc(CO)cc1. The molecule has 46 heavy (non-hydrogen) atoms. The molecule has 3 N–H and O–H groups in total. The fourth-order valence-corrected chi connectivity index (χ4v) is 5.90. The number of aliphatic hydroxyl groups is 1. The fourth-order valence-electron chi connectivity index (χ4n) is 5.90. The molecular weight excluding hydrogens is 592 g/mol. The van der Waals surface area contributed by atoms with Crippen LogP contribution in [0.1, 0.15) is 55.3 Å². The minimum atomic E-state index is -0.926. The third-order valence-corrected chi connectivity index (χ3v) is 8.62. The maximum absolute atomic E-state index is 12.2. The van der Waals surface area contributed by atoms with E-state index in [4.69, 9.17) is 14.6 Å². The Morgan fingerprint density at radius 2 is 1.57 bits per heavy atom. The number of rotatable bonds is 12. The summed E-state index contributed by atoms with van der Waals surface area (Å²) in [5.74, 6) is -1.15. The van der Waals surface area contributed by atoms with Gasteiger partial charge in [0.1, 0.15) is 0 Å². The second kappa shape index (κ2) is 15.3. The van der Waals surface area contributed by atoms with Crippen LogP contribution in [-0.2, 0) is 25.7 Å². The predicted octanol–water partition coefficient (Wildman–Crippen LogP) is 4.89. The number of carboxylic acid groups (broad SMARTS) is 1. The number of nitro groups is 1. The Labute approximate surface area is 267 Å². The lowest BCUT2D eigenvalue weighted by Gasteiger charge is -2.44. The second-order valence-electron chi connectivity index (χ2n) is 11.8. The number of non-ortho nitro benzene ring substituents is 1. The van der Waals surface area contributed by atoms with Crippen molar-refractivity contribution in [2.45, 2.75) is 51.3 Å². The maximum Gasteiger partial charge on any atom is 0.303 e. The lowest BCUT2D eigenvalue weighted by atomic mass is 9.90. The van der Waals surface area contributed by atoms with Crippen molar-refractivity contribution in [2.24, 2.45) is 5.92 Å². The zero-order chi connectivity index (χ0) is 32.6. The van der Waals surface area contributed by atoms with Crippen molar-refractivity contribution in [1.82, 2.24) is 4.90 Å². The average molecular weight is 633 g/mol. The number of nitro benzene ring substituents is 1. The molecule has 244 valence electrons. The number of carboxylic acids is 1. The number of piperazine rings is 1. The molecular formula is C34H40N4O8. The van der Waals surface area contributed by atoms with E-state index in [1.807, 2.05) is 36.4 Å². The minimum Gasteiger partial charge on any atom is -0.481 e. The number of hydrogen-bond donors (Lipinski definition) is 3. The van der Waals surface area contributed by atoms with Gasteiger partial charge in [0.25, 0.3) is 5.69 Å². The summed E-state index contributed by atoms with van der Waals surface area (Å²) in [6.07, 6.45) is -0.712. The summed E-state index contributed by atoms with van der Waals surface area (Å²) in [6, 6.07) is 21.7. The fraction of sp³-hybridized carbons (Fsp3) is 0.412. The Kier molecular flexibility index (Phi) is 11.0. The summed E-state index contributed by atoms with van der Waals surface area (Å²) in [7, 11) is 0. The van der Waals surface area contributed by atoms with Crippen molar-refractivity contribution >= 4 is 28.9 Å². The van der Waals surface area contributed by atoms with Crippen LogP contribution in [0.2, 0.25) is 0 Å². The van der Waals surface area contributed by atoms with E-state index >= 15 is 0 Å². The van der Waals surface area contributed by atoms with E-state index in [0.717, 1.165) is 48.6 Å². The van der Waals surface area contributed by atoms with Gasteiger partial charge in [-0.05, 0) is 41.8 Å². The molecule has 3 aromatic carbocycles. The molecule has 4 unspecified atom stereocenters. The van der Waals surface area contributed by atoms with Gasteiger partial charge in [-0.1, -0.05) is 43.3 Å². The van der Waals surface area contributed by atoms with Gasteiger partial charge in [0.15, 0.2) is 6.29 Å². The molecule has 0 saturated carbocycles. The van der Waals surface area contributed by atoms with Gasteiger partial charge in [0.2, 0.25) is 5.91 Å². The van der Waals surface area contributed by atoms with Crippen LogP contribution in [0.3, 0.4) is 0 Å². The molecule has 2 saturated heterocycles. The number of aliphatic hydroxyl groups excluding tert-OH is 1. The zero-order valence-electron chi connectivity index (χ0n) is 25.8. The van der Waals surface area contributed by atoms with Gasteiger partial charge in [-0.15, -0.1) is 0 Å². The highest BCUT2D eigenvalue weighted by Gasteiger charge is 2.39. The van der Waals surface area contributed by atoms with Crippen LogP contribution in [0.4, 0.5) is 17.1 Å². The lowest BCUT2D eigenvalue weighted by Crippen LogP contribution is -2.51. The van der Waals surface area contributed by atoms with Crippen LogP contribution in [0, 0.1) is 16.0 Å². The average Bonchev–Trinajstić information content (AvgIpc) is 3.06. The number of carbonyl (C=O) groups is 2. The van der Waals surface area contributed by atoms with Crippen LogP contribution < -0.4 is 10.2 Å². The largest absolute Gasteiger partial charge is 0.481 e. The number of ether oxygens (including phenoxy) is 2. The summed E-state index contributed by atoms with van der Waals surface area (Å²) in [5, 5.41) is 32.2. The highest BCUT2D eigenvalue weighted by atomic mass is 16.7. The van der Waals surface area contributed by atoms with Crippen molar-refractivity contribution in [1.29, 1.82) is 0 Å². The van der Waals surface area contributed by atoms with Crippen LogP contribution in [0.15, 0.2) is 72.8 Å². The van der Waals surface area contributed by atoms with Crippen LogP contribution in [0.25, 0.3) is 0 Å². The smallest absolute Gasteiger partial charge is 0.303 e. The molecule has 0 aromatic heterocycles. The van der Waals surface area contributed by atoms with Crippen molar-refractivity contribution in [2.75, 3.05) is 42.9 Å². The molecule has 2 fully saturated rings. The van der Waals surface area contributed by atoms with Gasteiger partial charge in [-0.3, -0.25) is 24.6 Å². The molecule has 0 aliphatic carbocycles. The highest BCUT2D eigenvalue weighted by Crippen LogP contribution is 2.42. The van der Waals surface area contributed by atoms with Gasteiger partial charge < -0.3 is 29.9 Å². The summed E-state index contributed by atoms with van der Waals surface area (Å²) < 4.78 is 13.2. The van der Waals surface area contributed by atoms with Crippen molar-refractivity contribution in [3.63, 3.8) is 0 Å². The highest BCUT2D eigenvalue weighted by molar-refractivity contribution is 5.90. The van der Waals surface area contributed by atoms with E-state index in [0.29, 0.717) is 12.2 Å². The van der Waals surface area contributed by atoms with Gasteiger partial charge in [0.05, 0.1) is 23.7 Å². The minimum absolute atomic E-state index is 0.0216.